The molecule has 1 amide bonds. The van der Waals surface area contributed by atoms with E-state index >= 15 is 0 Å². The van der Waals surface area contributed by atoms with E-state index in [0.29, 0.717) is 29.5 Å². The first-order valence-corrected chi connectivity index (χ1v) is 12.2. The average molecular weight is 461 g/mol. The average Bonchev–Trinajstić information content (AvgIpc) is 3.30. The highest BCUT2D eigenvalue weighted by molar-refractivity contribution is 5.95. The third-order valence-corrected chi connectivity index (χ3v) is 7.08. The van der Waals surface area contributed by atoms with Gasteiger partial charge in [0.05, 0.1) is 6.61 Å². The lowest BCUT2D eigenvalue weighted by Crippen LogP contribution is -2.67. The summed E-state index contributed by atoms with van der Waals surface area (Å²) in [4.78, 5) is 17.8. The van der Waals surface area contributed by atoms with Crippen LogP contribution in [0.5, 0.6) is 11.5 Å². The molecular weight excluding hydrogens is 428 g/mol. The number of ether oxygens (including phenoxy) is 2. The standard InChI is InChI=1S/C28H32N2O4/c1-19(2)5-6-20-7-9-21(10-8-20)27-23-16-29(13-3-4-14-30(23)24(27)17-31)28(32)22-11-12-25-26(15-22)34-18-33-25/h7-12,15,19,23-24,27,31H,3-4,13-14,16-18H2,1-2H3/t23-,24+,27-/m1/s1. The van der Waals surface area contributed by atoms with Gasteiger partial charge in [0, 0.05) is 48.1 Å². The molecule has 6 heteroatoms. The lowest BCUT2D eigenvalue weighted by atomic mass is 9.74. The molecule has 2 aromatic carbocycles. The van der Waals surface area contributed by atoms with Gasteiger partial charge in [-0.1, -0.05) is 37.8 Å². The van der Waals surface area contributed by atoms with E-state index in [2.05, 4.69) is 54.9 Å². The van der Waals surface area contributed by atoms with E-state index in [4.69, 9.17) is 9.47 Å². The van der Waals surface area contributed by atoms with Crippen LogP contribution in [0, 0.1) is 17.8 Å². The maximum atomic E-state index is 13.5. The van der Waals surface area contributed by atoms with E-state index in [1.165, 1.54) is 5.56 Å². The van der Waals surface area contributed by atoms with Gasteiger partial charge in [0.2, 0.25) is 6.79 Å². The predicted molar refractivity (Wildman–Crippen MR) is 130 cm³/mol. The van der Waals surface area contributed by atoms with Crippen molar-refractivity contribution >= 4 is 5.91 Å². The number of hydrogen-bond donors (Lipinski definition) is 1. The summed E-state index contributed by atoms with van der Waals surface area (Å²) >= 11 is 0. The van der Waals surface area contributed by atoms with E-state index in [-0.39, 0.29) is 37.3 Å². The van der Waals surface area contributed by atoms with Crippen molar-refractivity contribution in [2.45, 2.75) is 44.7 Å². The van der Waals surface area contributed by atoms with Gasteiger partial charge >= 0.3 is 0 Å². The van der Waals surface area contributed by atoms with Crippen LogP contribution >= 0.6 is 0 Å². The van der Waals surface area contributed by atoms with Crippen LogP contribution in [0.1, 0.15) is 54.1 Å². The summed E-state index contributed by atoms with van der Waals surface area (Å²) in [5.41, 5.74) is 2.83. The number of rotatable bonds is 3. The van der Waals surface area contributed by atoms with E-state index < -0.39 is 0 Å². The Morgan fingerprint density at radius 1 is 1.09 bits per heavy atom. The van der Waals surface area contributed by atoms with Crippen molar-refractivity contribution in [3.8, 4) is 23.3 Å². The van der Waals surface area contributed by atoms with Crippen LogP contribution in [0.4, 0.5) is 0 Å². The van der Waals surface area contributed by atoms with Crippen molar-refractivity contribution in [3.05, 3.63) is 59.2 Å². The monoisotopic (exact) mass is 460 g/mol. The Hall–Kier alpha value is -3.01. The van der Waals surface area contributed by atoms with E-state index in [0.717, 1.165) is 31.5 Å². The highest BCUT2D eigenvalue weighted by Crippen LogP contribution is 2.42. The topological polar surface area (TPSA) is 62.2 Å². The molecule has 34 heavy (non-hydrogen) atoms. The number of benzene rings is 2. The Morgan fingerprint density at radius 2 is 1.85 bits per heavy atom. The van der Waals surface area contributed by atoms with Crippen molar-refractivity contribution < 1.29 is 19.4 Å². The molecule has 0 radical (unpaired) electrons. The summed E-state index contributed by atoms with van der Waals surface area (Å²) in [6.45, 7) is 6.81. The van der Waals surface area contributed by atoms with Crippen LogP contribution in [-0.4, -0.2) is 65.9 Å². The second-order valence-electron chi connectivity index (χ2n) is 9.65. The number of hydrogen-bond acceptors (Lipinski definition) is 5. The molecule has 6 nitrogen and oxygen atoms in total. The van der Waals surface area contributed by atoms with Crippen LogP contribution in [0.2, 0.25) is 0 Å². The van der Waals surface area contributed by atoms with Gasteiger partial charge in [-0.15, -0.1) is 0 Å². The predicted octanol–water partition coefficient (Wildman–Crippen LogP) is 3.49. The molecule has 3 aliphatic heterocycles. The summed E-state index contributed by atoms with van der Waals surface area (Å²) in [5.74, 6) is 8.28. The quantitative estimate of drug-likeness (QED) is 0.711. The second-order valence-corrected chi connectivity index (χ2v) is 9.65. The van der Waals surface area contributed by atoms with Crippen molar-refractivity contribution in [2.75, 3.05) is 33.0 Å². The van der Waals surface area contributed by atoms with Crippen LogP contribution < -0.4 is 9.47 Å². The molecule has 178 valence electrons. The molecule has 2 fully saturated rings. The molecule has 0 aliphatic carbocycles. The van der Waals surface area contributed by atoms with Gasteiger partial charge in [0.1, 0.15) is 0 Å². The first-order valence-electron chi connectivity index (χ1n) is 12.2. The van der Waals surface area contributed by atoms with Gasteiger partial charge < -0.3 is 19.5 Å². The largest absolute Gasteiger partial charge is 0.454 e. The molecule has 3 heterocycles. The highest BCUT2D eigenvalue weighted by Gasteiger charge is 2.49. The van der Waals surface area contributed by atoms with E-state index in [9.17, 15) is 9.90 Å². The number of nitrogens with zero attached hydrogens (tertiary/aromatic N) is 2. The Bertz CT molecular complexity index is 1100. The maximum absolute atomic E-state index is 13.5. The summed E-state index contributed by atoms with van der Waals surface area (Å²) < 4.78 is 10.9. The number of aliphatic hydroxyl groups is 1. The molecular formula is C28H32N2O4. The van der Waals surface area contributed by atoms with Crippen LogP contribution in [0.3, 0.4) is 0 Å². The molecule has 0 spiro atoms. The van der Waals surface area contributed by atoms with Crippen LogP contribution in [-0.2, 0) is 0 Å². The number of aliphatic hydroxyl groups excluding tert-OH is 1. The molecule has 3 atom stereocenters. The smallest absolute Gasteiger partial charge is 0.254 e. The van der Waals surface area contributed by atoms with Gasteiger partial charge in [-0.25, -0.2) is 0 Å². The van der Waals surface area contributed by atoms with Crippen molar-refractivity contribution in [2.24, 2.45) is 5.92 Å². The number of carbonyl (C=O) groups is 1. The van der Waals surface area contributed by atoms with Crippen molar-refractivity contribution in [1.82, 2.24) is 9.80 Å². The van der Waals surface area contributed by atoms with E-state index in [1.807, 2.05) is 17.0 Å². The van der Waals surface area contributed by atoms with Crippen molar-refractivity contribution in [1.29, 1.82) is 0 Å². The van der Waals surface area contributed by atoms with E-state index in [1.54, 1.807) is 6.07 Å². The summed E-state index contributed by atoms with van der Waals surface area (Å²) in [6, 6.07) is 14.1. The van der Waals surface area contributed by atoms with Gasteiger partial charge in [-0.05, 0) is 55.3 Å². The third kappa shape index (κ3) is 4.38. The molecule has 0 aromatic heterocycles. The minimum atomic E-state index is 0.0191. The van der Waals surface area contributed by atoms with Crippen molar-refractivity contribution in [3.63, 3.8) is 0 Å². The fraction of sp³-hybridized carbons (Fsp3) is 0.464. The molecule has 0 bridgehead atoms. The molecule has 5 rings (SSSR count). The Labute approximate surface area is 201 Å². The minimum Gasteiger partial charge on any atom is -0.454 e. The Kier molecular flexibility index (Phi) is 6.49. The summed E-state index contributed by atoms with van der Waals surface area (Å²) in [7, 11) is 0. The first-order chi connectivity index (χ1) is 16.5. The number of fused-ring (bicyclic) bond motifs is 2. The van der Waals surface area contributed by atoms with Crippen LogP contribution in [0.15, 0.2) is 42.5 Å². The highest BCUT2D eigenvalue weighted by atomic mass is 16.7. The summed E-state index contributed by atoms with van der Waals surface area (Å²) in [5, 5.41) is 10.2. The molecule has 1 N–H and O–H groups in total. The lowest BCUT2D eigenvalue weighted by molar-refractivity contribution is -0.0606. The fourth-order valence-corrected chi connectivity index (χ4v) is 5.35. The molecule has 0 saturated carbocycles. The minimum absolute atomic E-state index is 0.0191. The molecule has 3 aliphatic rings. The van der Waals surface area contributed by atoms with Gasteiger partial charge in [0.25, 0.3) is 5.91 Å². The van der Waals surface area contributed by atoms with Gasteiger partial charge in [-0.2, -0.15) is 0 Å². The van der Waals surface area contributed by atoms with Gasteiger partial charge in [0.15, 0.2) is 11.5 Å². The Balaban J connectivity index is 1.37. The molecule has 2 aromatic rings. The number of amides is 1. The normalized spacial score (nSPS) is 23.9. The maximum Gasteiger partial charge on any atom is 0.254 e. The zero-order chi connectivity index (χ0) is 23.7. The summed E-state index contributed by atoms with van der Waals surface area (Å²) in [6.07, 6.45) is 1.96. The first kappa shape index (κ1) is 22.8. The van der Waals surface area contributed by atoms with Crippen LogP contribution in [0.25, 0.3) is 0 Å². The lowest BCUT2D eigenvalue weighted by Gasteiger charge is -2.57. The fourth-order valence-electron chi connectivity index (χ4n) is 5.35. The Morgan fingerprint density at radius 3 is 2.62 bits per heavy atom. The number of carbonyl (C=O) groups excluding carboxylic acids is 1. The molecule has 2 saturated heterocycles. The molecule has 0 unspecified atom stereocenters. The SMILES string of the molecule is CC(C)C#Cc1ccc([C@@H]2[C@H]3CN(C(=O)c4ccc5c(c4)OCO5)CCCCN3[C@H]2CO)cc1. The second kappa shape index (κ2) is 9.69. The zero-order valence-electron chi connectivity index (χ0n) is 19.9. The zero-order valence-corrected chi connectivity index (χ0v) is 19.9. The third-order valence-electron chi connectivity index (χ3n) is 7.08. The van der Waals surface area contributed by atoms with Gasteiger partial charge in [-0.3, -0.25) is 9.69 Å².